The Kier molecular flexibility index (Phi) is 4.38. The highest BCUT2D eigenvalue weighted by molar-refractivity contribution is 7.98. The summed E-state index contributed by atoms with van der Waals surface area (Å²) in [4.78, 5) is 26.6. The second-order valence-corrected chi connectivity index (χ2v) is 5.96. The number of amides is 1. The van der Waals surface area contributed by atoms with Crippen LogP contribution in [0.25, 0.3) is 0 Å². The SMILES string of the molecule is CCC1(C(=O)O)CCN(C(=O)c2ccccc2SC)C1. The average Bonchev–Trinajstić information content (AvgIpc) is 2.92. The number of carbonyl (C=O) groups excluding carboxylic acids is 1. The molecule has 1 aromatic carbocycles. The van der Waals surface area contributed by atoms with E-state index in [0.717, 1.165) is 4.90 Å². The number of benzene rings is 1. The lowest BCUT2D eigenvalue weighted by atomic mass is 9.84. The fraction of sp³-hybridized carbons (Fsp3) is 0.467. The molecule has 1 unspecified atom stereocenters. The normalized spacial score (nSPS) is 22.0. The fourth-order valence-corrected chi connectivity index (χ4v) is 3.24. The topological polar surface area (TPSA) is 57.6 Å². The highest BCUT2D eigenvalue weighted by atomic mass is 32.2. The minimum atomic E-state index is -0.798. The number of carbonyl (C=O) groups is 2. The zero-order valence-electron chi connectivity index (χ0n) is 11.8. The smallest absolute Gasteiger partial charge is 0.311 e. The van der Waals surface area contributed by atoms with E-state index in [4.69, 9.17) is 0 Å². The largest absolute Gasteiger partial charge is 0.481 e. The first-order valence-electron chi connectivity index (χ1n) is 6.70. The summed E-state index contributed by atoms with van der Waals surface area (Å²) in [5.41, 5.74) is -0.110. The van der Waals surface area contributed by atoms with Crippen molar-refractivity contribution in [2.24, 2.45) is 5.41 Å². The van der Waals surface area contributed by atoms with Crippen LogP contribution in [0.4, 0.5) is 0 Å². The third kappa shape index (κ3) is 2.54. The first-order valence-corrected chi connectivity index (χ1v) is 7.92. The van der Waals surface area contributed by atoms with E-state index >= 15 is 0 Å². The molecule has 5 heteroatoms. The molecule has 4 nitrogen and oxygen atoms in total. The van der Waals surface area contributed by atoms with E-state index in [1.165, 1.54) is 11.8 Å². The number of carboxylic acid groups (broad SMARTS) is 1. The van der Waals surface area contributed by atoms with E-state index in [-0.39, 0.29) is 5.91 Å². The van der Waals surface area contributed by atoms with Crippen LogP contribution < -0.4 is 0 Å². The summed E-state index contributed by atoms with van der Waals surface area (Å²) < 4.78 is 0. The minimum absolute atomic E-state index is 0.0634. The fourth-order valence-electron chi connectivity index (χ4n) is 2.65. The van der Waals surface area contributed by atoms with E-state index in [1.807, 2.05) is 31.4 Å². The summed E-state index contributed by atoms with van der Waals surface area (Å²) in [5.74, 6) is -0.861. The molecule has 1 atom stereocenters. The second kappa shape index (κ2) is 5.87. The van der Waals surface area contributed by atoms with Gasteiger partial charge in [0.15, 0.2) is 0 Å². The molecule has 0 spiro atoms. The van der Waals surface area contributed by atoms with Gasteiger partial charge in [0.2, 0.25) is 0 Å². The molecule has 2 rings (SSSR count). The van der Waals surface area contributed by atoms with Crippen molar-refractivity contribution in [3.8, 4) is 0 Å². The predicted molar refractivity (Wildman–Crippen MR) is 79.1 cm³/mol. The van der Waals surface area contributed by atoms with Crippen LogP contribution in [0.5, 0.6) is 0 Å². The lowest BCUT2D eigenvalue weighted by molar-refractivity contribution is -0.148. The first-order chi connectivity index (χ1) is 9.54. The Morgan fingerprint density at radius 3 is 2.65 bits per heavy atom. The molecule has 0 bridgehead atoms. The molecule has 1 aliphatic heterocycles. The summed E-state index contributed by atoms with van der Waals surface area (Å²) in [5, 5.41) is 9.39. The van der Waals surface area contributed by atoms with E-state index < -0.39 is 11.4 Å². The molecule has 1 saturated heterocycles. The van der Waals surface area contributed by atoms with Gasteiger partial charge in [0.05, 0.1) is 11.0 Å². The molecule has 1 amide bonds. The number of hydrogen-bond donors (Lipinski definition) is 1. The zero-order chi connectivity index (χ0) is 14.8. The van der Waals surface area contributed by atoms with Crippen LogP contribution in [-0.2, 0) is 4.79 Å². The lowest BCUT2D eigenvalue weighted by Crippen LogP contribution is -2.36. The molecule has 1 heterocycles. The van der Waals surface area contributed by atoms with Crippen molar-refractivity contribution >= 4 is 23.6 Å². The molecular formula is C15H19NO3S. The number of carboxylic acids is 1. The van der Waals surface area contributed by atoms with Crippen molar-refractivity contribution in [2.75, 3.05) is 19.3 Å². The van der Waals surface area contributed by atoms with Crippen molar-refractivity contribution < 1.29 is 14.7 Å². The Morgan fingerprint density at radius 2 is 2.10 bits per heavy atom. The highest BCUT2D eigenvalue weighted by Crippen LogP contribution is 2.35. The molecule has 0 aliphatic carbocycles. The van der Waals surface area contributed by atoms with Crippen LogP contribution in [0.1, 0.15) is 30.1 Å². The molecule has 1 aliphatic rings. The van der Waals surface area contributed by atoms with Gasteiger partial charge in [-0.1, -0.05) is 19.1 Å². The standard InChI is InChI=1S/C15H19NO3S/c1-3-15(14(18)19)8-9-16(10-15)13(17)11-6-4-5-7-12(11)20-2/h4-7H,3,8-10H2,1-2H3,(H,18,19). The zero-order valence-corrected chi connectivity index (χ0v) is 12.6. The molecular weight excluding hydrogens is 274 g/mol. The van der Waals surface area contributed by atoms with Gasteiger partial charge in [-0.25, -0.2) is 0 Å². The molecule has 1 N–H and O–H groups in total. The molecule has 20 heavy (non-hydrogen) atoms. The minimum Gasteiger partial charge on any atom is -0.481 e. The van der Waals surface area contributed by atoms with Gasteiger partial charge >= 0.3 is 5.97 Å². The van der Waals surface area contributed by atoms with Gasteiger partial charge in [0.25, 0.3) is 5.91 Å². The Hall–Kier alpha value is -1.49. The number of aliphatic carboxylic acids is 1. The van der Waals surface area contributed by atoms with Gasteiger partial charge in [0, 0.05) is 18.0 Å². The Bertz CT molecular complexity index is 532. The number of nitrogens with zero attached hydrogens (tertiary/aromatic N) is 1. The average molecular weight is 293 g/mol. The second-order valence-electron chi connectivity index (χ2n) is 5.12. The van der Waals surface area contributed by atoms with Gasteiger partial charge in [-0.15, -0.1) is 11.8 Å². The number of thioether (sulfide) groups is 1. The van der Waals surface area contributed by atoms with E-state index in [0.29, 0.717) is 31.5 Å². The van der Waals surface area contributed by atoms with Crippen molar-refractivity contribution in [2.45, 2.75) is 24.7 Å². The van der Waals surface area contributed by atoms with Gasteiger partial charge in [0.1, 0.15) is 0 Å². The van der Waals surface area contributed by atoms with Crippen LogP contribution in [0.2, 0.25) is 0 Å². The Balaban J connectivity index is 2.22. The lowest BCUT2D eigenvalue weighted by Gasteiger charge is -2.23. The quantitative estimate of drug-likeness (QED) is 0.867. The molecule has 0 radical (unpaired) electrons. The van der Waals surface area contributed by atoms with Gasteiger partial charge in [-0.2, -0.15) is 0 Å². The van der Waals surface area contributed by atoms with Crippen molar-refractivity contribution in [1.82, 2.24) is 4.90 Å². The summed E-state index contributed by atoms with van der Waals surface area (Å²) in [6.07, 6.45) is 3.02. The summed E-state index contributed by atoms with van der Waals surface area (Å²) >= 11 is 1.53. The summed E-state index contributed by atoms with van der Waals surface area (Å²) in [6.45, 7) is 2.69. The van der Waals surface area contributed by atoms with Crippen molar-refractivity contribution in [1.29, 1.82) is 0 Å². The third-order valence-corrected chi connectivity index (χ3v) is 4.90. The van der Waals surface area contributed by atoms with E-state index in [9.17, 15) is 14.7 Å². The number of hydrogen-bond acceptors (Lipinski definition) is 3. The monoisotopic (exact) mass is 293 g/mol. The van der Waals surface area contributed by atoms with Crippen LogP contribution in [0.3, 0.4) is 0 Å². The number of likely N-dealkylation sites (tertiary alicyclic amines) is 1. The van der Waals surface area contributed by atoms with Gasteiger partial charge in [-0.3, -0.25) is 9.59 Å². The van der Waals surface area contributed by atoms with Gasteiger partial charge < -0.3 is 10.0 Å². The van der Waals surface area contributed by atoms with Crippen molar-refractivity contribution in [3.05, 3.63) is 29.8 Å². The Labute approximate surface area is 123 Å². The predicted octanol–water partition coefficient (Wildman–Crippen LogP) is 2.74. The van der Waals surface area contributed by atoms with Gasteiger partial charge in [-0.05, 0) is 31.2 Å². The van der Waals surface area contributed by atoms with Crippen LogP contribution >= 0.6 is 11.8 Å². The molecule has 0 saturated carbocycles. The first kappa shape index (κ1) is 14.9. The Morgan fingerprint density at radius 1 is 1.40 bits per heavy atom. The maximum absolute atomic E-state index is 12.6. The van der Waals surface area contributed by atoms with Crippen LogP contribution in [0.15, 0.2) is 29.2 Å². The maximum Gasteiger partial charge on any atom is 0.311 e. The van der Waals surface area contributed by atoms with Crippen LogP contribution in [-0.4, -0.2) is 41.2 Å². The summed E-state index contributed by atoms with van der Waals surface area (Å²) in [7, 11) is 0. The summed E-state index contributed by atoms with van der Waals surface area (Å²) in [6, 6.07) is 7.46. The third-order valence-electron chi connectivity index (χ3n) is 4.11. The number of rotatable bonds is 4. The molecule has 1 aromatic rings. The molecule has 1 fully saturated rings. The maximum atomic E-state index is 12.6. The molecule has 0 aromatic heterocycles. The highest BCUT2D eigenvalue weighted by Gasteiger charge is 2.45. The van der Waals surface area contributed by atoms with Crippen LogP contribution in [0, 0.1) is 5.41 Å². The van der Waals surface area contributed by atoms with Crippen molar-refractivity contribution in [3.63, 3.8) is 0 Å². The molecule has 108 valence electrons. The van der Waals surface area contributed by atoms with E-state index in [2.05, 4.69) is 0 Å². The van der Waals surface area contributed by atoms with E-state index in [1.54, 1.807) is 11.0 Å².